The monoisotopic (exact) mass is 337 g/mol. The van der Waals surface area contributed by atoms with Crippen molar-refractivity contribution >= 4 is 15.9 Å². The molecule has 3 N–H and O–H groups in total. The summed E-state index contributed by atoms with van der Waals surface area (Å²) in [4.78, 5) is 12.3. The third kappa shape index (κ3) is 3.73. The van der Waals surface area contributed by atoms with Crippen molar-refractivity contribution in [3.8, 4) is 0 Å². The van der Waals surface area contributed by atoms with E-state index in [1.54, 1.807) is 12.1 Å². The van der Waals surface area contributed by atoms with Crippen LogP contribution in [-0.2, 0) is 10.0 Å². The molecular weight excluding hydrogens is 314 g/mol. The van der Waals surface area contributed by atoms with Crippen LogP contribution in [0, 0.1) is 5.92 Å². The largest absolute Gasteiger partial charge is 0.350 e. The Labute approximate surface area is 137 Å². The molecule has 1 aromatic rings. The predicted octanol–water partition coefficient (Wildman–Crippen LogP) is 0.938. The van der Waals surface area contributed by atoms with Gasteiger partial charge in [-0.15, -0.1) is 0 Å². The molecule has 7 heteroatoms. The fourth-order valence-electron chi connectivity index (χ4n) is 2.86. The van der Waals surface area contributed by atoms with Crippen molar-refractivity contribution < 1.29 is 13.2 Å². The van der Waals surface area contributed by atoms with Crippen molar-refractivity contribution in [3.63, 3.8) is 0 Å². The lowest BCUT2D eigenvalue weighted by molar-refractivity contribution is 0.0950. The molecule has 1 aromatic carbocycles. The zero-order valence-electron chi connectivity index (χ0n) is 13.1. The van der Waals surface area contributed by atoms with Gasteiger partial charge in [0, 0.05) is 31.2 Å². The van der Waals surface area contributed by atoms with Crippen LogP contribution in [0.4, 0.5) is 0 Å². The van der Waals surface area contributed by atoms with E-state index in [-0.39, 0.29) is 16.8 Å². The minimum absolute atomic E-state index is 0.00812. The van der Waals surface area contributed by atoms with Crippen LogP contribution in [0.5, 0.6) is 0 Å². The summed E-state index contributed by atoms with van der Waals surface area (Å²) >= 11 is 0. The van der Waals surface area contributed by atoms with Gasteiger partial charge in [0.2, 0.25) is 10.0 Å². The lowest BCUT2D eigenvalue weighted by Crippen LogP contribution is -2.38. The van der Waals surface area contributed by atoms with Gasteiger partial charge in [0.15, 0.2) is 0 Å². The zero-order chi connectivity index (χ0) is 16.4. The lowest BCUT2D eigenvalue weighted by atomic mass is 10.2. The third-order valence-corrected chi connectivity index (χ3v) is 6.46. The maximum absolute atomic E-state index is 12.4. The highest BCUT2D eigenvalue weighted by atomic mass is 32.2. The van der Waals surface area contributed by atoms with Gasteiger partial charge < -0.3 is 11.1 Å². The van der Waals surface area contributed by atoms with Gasteiger partial charge in [-0.1, -0.05) is 0 Å². The Balaban J connectivity index is 1.63. The Morgan fingerprint density at radius 3 is 2.39 bits per heavy atom. The summed E-state index contributed by atoms with van der Waals surface area (Å²) in [5.41, 5.74) is 6.41. The molecule has 126 valence electrons. The van der Waals surface area contributed by atoms with Crippen LogP contribution in [-0.4, -0.2) is 44.3 Å². The van der Waals surface area contributed by atoms with Gasteiger partial charge in [0.05, 0.1) is 4.90 Å². The number of benzene rings is 1. The van der Waals surface area contributed by atoms with Gasteiger partial charge in [-0.2, -0.15) is 4.31 Å². The predicted molar refractivity (Wildman–Crippen MR) is 87.5 cm³/mol. The van der Waals surface area contributed by atoms with Gasteiger partial charge in [-0.25, -0.2) is 8.42 Å². The number of nitrogens with zero attached hydrogens (tertiary/aromatic N) is 1. The summed E-state index contributed by atoms with van der Waals surface area (Å²) in [7, 11) is -3.43. The Morgan fingerprint density at radius 2 is 1.83 bits per heavy atom. The molecule has 0 radical (unpaired) electrons. The van der Waals surface area contributed by atoms with Gasteiger partial charge >= 0.3 is 0 Å². The molecule has 23 heavy (non-hydrogen) atoms. The van der Waals surface area contributed by atoms with Crippen LogP contribution < -0.4 is 11.1 Å². The molecule has 1 atom stereocenters. The number of nitrogens with two attached hydrogens (primary N) is 1. The van der Waals surface area contributed by atoms with E-state index in [0.717, 1.165) is 25.7 Å². The van der Waals surface area contributed by atoms with Crippen molar-refractivity contribution in [2.24, 2.45) is 11.7 Å². The Bertz CT molecular complexity index is 662. The van der Waals surface area contributed by atoms with Gasteiger partial charge in [0.1, 0.15) is 0 Å². The molecule has 1 saturated heterocycles. The van der Waals surface area contributed by atoms with E-state index in [9.17, 15) is 13.2 Å². The van der Waals surface area contributed by atoms with E-state index in [0.29, 0.717) is 31.1 Å². The molecule has 0 bridgehead atoms. The van der Waals surface area contributed by atoms with E-state index in [1.807, 2.05) is 0 Å². The first kappa shape index (κ1) is 16.4. The SMILES string of the molecule is NC(CNC(=O)c1ccc(S(=O)(=O)N2CCCC2)cc1)C1CC1. The second-order valence-corrected chi connectivity index (χ2v) is 8.28. The number of carbonyl (C=O) groups excluding carboxylic acids is 1. The molecule has 1 aliphatic carbocycles. The Hall–Kier alpha value is -1.44. The summed E-state index contributed by atoms with van der Waals surface area (Å²) in [6.45, 7) is 1.60. The normalized spacial score (nSPS) is 20.4. The lowest BCUT2D eigenvalue weighted by Gasteiger charge is -2.16. The first-order valence-corrected chi connectivity index (χ1v) is 9.56. The minimum Gasteiger partial charge on any atom is -0.350 e. The fourth-order valence-corrected chi connectivity index (χ4v) is 4.38. The first-order chi connectivity index (χ1) is 11.0. The van der Waals surface area contributed by atoms with E-state index < -0.39 is 10.0 Å². The van der Waals surface area contributed by atoms with Crippen molar-refractivity contribution in [1.29, 1.82) is 0 Å². The van der Waals surface area contributed by atoms with E-state index in [2.05, 4.69) is 5.32 Å². The van der Waals surface area contributed by atoms with Crippen LogP contribution in [0.25, 0.3) is 0 Å². The molecule has 1 heterocycles. The van der Waals surface area contributed by atoms with E-state index >= 15 is 0 Å². The molecule has 3 rings (SSSR count). The second kappa shape index (κ2) is 6.59. The fraction of sp³-hybridized carbons (Fsp3) is 0.562. The molecule has 2 fully saturated rings. The molecule has 1 aliphatic heterocycles. The molecule has 1 saturated carbocycles. The third-order valence-electron chi connectivity index (χ3n) is 4.55. The van der Waals surface area contributed by atoms with E-state index in [4.69, 9.17) is 5.73 Å². The topological polar surface area (TPSA) is 92.5 Å². The van der Waals surface area contributed by atoms with Gasteiger partial charge in [-0.05, 0) is 55.9 Å². The number of carbonyl (C=O) groups is 1. The highest BCUT2D eigenvalue weighted by Gasteiger charge is 2.29. The molecule has 1 amide bonds. The number of rotatable bonds is 6. The Kier molecular flexibility index (Phi) is 4.70. The van der Waals surface area contributed by atoms with Crippen LogP contribution in [0.1, 0.15) is 36.0 Å². The molecular formula is C16H23N3O3S. The molecule has 0 aromatic heterocycles. The first-order valence-electron chi connectivity index (χ1n) is 8.12. The van der Waals surface area contributed by atoms with Crippen LogP contribution in [0.15, 0.2) is 29.2 Å². The maximum Gasteiger partial charge on any atom is 0.251 e. The molecule has 6 nitrogen and oxygen atoms in total. The highest BCUT2D eigenvalue weighted by Crippen LogP contribution is 2.31. The second-order valence-electron chi connectivity index (χ2n) is 6.35. The summed E-state index contributed by atoms with van der Waals surface area (Å²) in [5, 5.41) is 2.81. The van der Waals surface area contributed by atoms with Crippen molar-refractivity contribution in [1.82, 2.24) is 9.62 Å². The zero-order valence-corrected chi connectivity index (χ0v) is 13.9. The number of amides is 1. The average molecular weight is 337 g/mol. The van der Waals surface area contributed by atoms with Crippen molar-refractivity contribution in [3.05, 3.63) is 29.8 Å². The summed E-state index contributed by atoms with van der Waals surface area (Å²) in [6.07, 6.45) is 4.09. The highest BCUT2D eigenvalue weighted by molar-refractivity contribution is 7.89. The molecule has 1 unspecified atom stereocenters. The molecule has 2 aliphatic rings. The summed E-state index contributed by atoms with van der Waals surface area (Å²) < 4.78 is 26.3. The van der Waals surface area contributed by atoms with Gasteiger partial charge in [0.25, 0.3) is 5.91 Å². The smallest absolute Gasteiger partial charge is 0.251 e. The Morgan fingerprint density at radius 1 is 1.22 bits per heavy atom. The van der Waals surface area contributed by atoms with Crippen molar-refractivity contribution in [2.45, 2.75) is 36.6 Å². The van der Waals surface area contributed by atoms with Crippen LogP contribution in [0.3, 0.4) is 0 Å². The quantitative estimate of drug-likeness (QED) is 0.808. The van der Waals surface area contributed by atoms with E-state index in [1.165, 1.54) is 16.4 Å². The molecule has 0 spiro atoms. The number of hydrogen-bond acceptors (Lipinski definition) is 4. The minimum atomic E-state index is -3.43. The van der Waals surface area contributed by atoms with Gasteiger partial charge in [-0.3, -0.25) is 4.79 Å². The van der Waals surface area contributed by atoms with Crippen LogP contribution >= 0.6 is 0 Å². The maximum atomic E-state index is 12.4. The standard InChI is InChI=1S/C16H23N3O3S/c17-15(12-3-4-12)11-18-16(20)13-5-7-14(8-6-13)23(21,22)19-9-1-2-10-19/h5-8,12,15H,1-4,9-11,17H2,(H,18,20). The van der Waals surface area contributed by atoms with Crippen LogP contribution in [0.2, 0.25) is 0 Å². The summed E-state index contributed by atoms with van der Waals surface area (Å²) in [6, 6.07) is 6.13. The number of hydrogen-bond donors (Lipinski definition) is 2. The number of nitrogens with one attached hydrogen (secondary N) is 1. The summed E-state index contributed by atoms with van der Waals surface area (Å²) in [5.74, 6) is 0.314. The average Bonchev–Trinajstić information content (AvgIpc) is 3.26. The number of sulfonamides is 1. The van der Waals surface area contributed by atoms with Crippen molar-refractivity contribution in [2.75, 3.05) is 19.6 Å².